The van der Waals surface area contributed by atoms with Crippen molar-refractivity contribution in [2.24, 2.45) is 10.9 Å². The van der Waals surface area contributed by atoms with Gasteiger partial charge < -0.3 is 25.9 Å². The molecule has 11 nitrogen and oxygen atoms in total. The lowest BCUT2D eigenvalue weighted by Crippen LogP contribution is -2.40. The van der Waals surface area contributed by atoms with E-state index in [0.29, 0.717) is 24.2 Å². The molecule has 4 rings (SSSR count). The van der Waals surface area contributed by atoms with Crippen LogP contribution in [0.4, 0.5) is 32.7 Å². The third-order valence-corrected chi connectivity index (χ3v) is 6.35. The Hall–Kier alpha value is -4.63. The molecule has 41 heavy (non-hydrogen) atoms. The molecule has 0 spiro atoms. The number of alkyl halides is 3. The number of halogens is 5. The van der Waals surface area contributed by atoms with Gasteiger partial charge in [0.25, 0.3) is 0 Å². The molecule has 16 heteroatoms. The monoisotopic (exact) mass is 580 g/mol. The van der Waals surface area contributed by atoms with Gasteiger partial charge in [-0.25, -0.2) is 33.5 Å². The normalized spacial score (nSPS) is 15.5. The molecule has 3 aromatic rings. The second-order valence-electron chi connectivity index (χ2n) is 9.10. The van der Waals surface area contributed by atoms with Crippen molar-refractivity contribution in [3.63, 3.8) is 0 Å². The highest BCUT2D eigenvalue weighted by Gasteiger charge is 2.36. The molecule has 1 atom stereocenters. The fourth-order valence-electron chi connectivity index (χ4n) is 4.36. The number of benzene rings is 1. The molecular weight excluding hydrogens is 555 g/mol. The van der Waals surface area contributed by atoms with Gasteiger partial charge in [0.1, 0.15) is 6.10 Å². The highest BCUT2D eigenvalue weighted by molar-refractivity contribution is 5.96. The molecule has 0 radical (unpaired) electrons. The summed E-state index contributed by atoms with van der Waals surface area (Å²) in [5.74, 6) is 0.975. The van der Waals surface area contributed by atoms with Crippen LogP contribution < -0.4 is 16.3 Å². The summed E-state index contributed by atoms with van der Waals surface area (Å²) in [5.41, 5.74) is 6.87. The van der Waals surface area contributed by atoms with Gasteiger partial charge in [0.2, 0.25) is 23.4 Å². The number of likely N-dealkylation sites (tertiary alicyclic amines) is 1. The minimum Gasteiger partial charge on any atom is -0.467 e. The van der Waals surface area contributed by atoms with Gasteiger partial charge in [-0.3, -0.25) is 0 Å². The van der Waals surface area contributed by atoms with Gasteiger partial charge in [0.05, 0.1) is 22.6 Å². The summed E-state index contributed by atoms with van der Waals surface area (Å²) < 4.78 is 77.9. The van der Waals surface area contributed by atoms with Gasteiger partial charge in [-0.05, 0) is 44.9 Å². The average molecular weight is 581 g/mol. The van der Waals surface area contributed by atoms with Gasteiger partial charge in [-0.2, -0.15) is 13.2 Å². The first-order chi connectivity index (χ1) is 19.4. The number of para-hydroxylation sites is 1. The second-order valence-corrected chi connectivity index (χ2v) is 9.10. The quantitative estimate of drug-likeness (QED) is 0.148. The maximum atomic E-state index is 13.9. The lowest BCUT2D eigenvalue weighted by molar-refractivity contribution is -0.145. The van der Waals surface area contributed by atoms with E-state index in [1.54, 1.807) is 6.92 Å². The Kier molecular flexibility index (Phi) is 8.49. The maximum absolute atomic E-state index is 13.9. The summed E-state index contributed by atoms with van der Waals surface area (Å²) in [5, 5.41) is 3.70. The van der Waals surface area contributed by atoms with E-state index in [1.165, 1.54) is 17.9 Å². The predicted molar refractivity (Wildman–Crippen MR) is 134 cm³/mol. The number of piperidine rings is 1. The number of carbonyl (C=O) groups excluding carboxylic acids is 1. The molecule has 1 saturated heterocycles. The molecule has 2 aromatic heterocycles. The summed E-state index contributed by atoms with van der Waals surface area (Å²) >= 11 is 0. The number of aryl methyl sites for hydroxylation is 1. The number of carbonyl (C=O) groups is 1. The highest BCUT2D eigenvalue weighted by Crippen LogP contribution is 2.33. The van der Waals surface area contributed by atoms with Crippen molar-refractivity contribution in [3.05, 3.63) is 70.6 Å². The number of nitrogen functional groups attached to an aromatic ring is 1. The Labute approximate surface area is 230 Å². The molecular formula is C25H25F5N8O3. The topological polar surface area (TPSA) is 155 Å². The SMILES string of the molecule is Cc1nc(N)nc(C2CCN(C(=O)Oc3c(F)cccc3F)CC2)c1/C(=N/N)OC(C)c1ccnc(C(F)(F)F)n1. The number of amides is 1. The first-order valence-electron chi connectivity index (χ1n) is 12.3. The minimum absolute atomic E-state index is 0.0480. The third kappa shape index (κ3) is 6.58. The molecule has 0 aliphatic carbocycles. The summed E-state index contributed by atoms with van der Waals surface area (Å²) in [7, 11) is 0. The van der Waals surface area contributed by atoms with Gasteiger partial charge in [-0.1, -0.05) is 6.07 Å². The van der Waals surface area contributed by atoms with Gasteiger partial charge in [-0.15, -0.1) is 5.10 Å². The van der Waals surface area contributed by atoms with Crippen molar-refractivity contribution in [3.8, 4) is 5.75 Å². The van der Waals surface area contributed by atoms with Crippen molar-refractivity contribution in [1.29, 1.82) is 0 Å². The lowest BCUT2D eigenvalue weighted by atomic mass is 9.90. The van der Waals surface area contributed by atoms with Crippen LogP contribution >= 0.6 is 0 Å². The molecule has 1 aliphatic rings. The lowest BCUT2D eigenvalue weighted by Gasteiger charge is -2.32. The van der Waals surface area contributed by atoms with E-state index in [2.05, 4.69) is 25.0 Å². The van der Waals surface area contributed by atoms with E-state index < -0.39 is 41.6 Å². The van der Waals surface area contributed by atoms with E-state index in [1.807, 2.05) is 0 Å². The van der Waals surface area contributed by atoms with Crippen LogP contribution in [0.25, 0.3) is 0 Å². The van der Waals surface area contributed by atoms with Gasteiger partial charge >= 0.3 is 12.3 Å². The van der Waals surface area contributed by atoms with E-state index in [-0.39, 0.29) is 42.1 Å². The Bertz CT molecular complexity index is 1440. The van der Waals surface area contributed by atoms with Crippen molar-refractivity contribution < 1.29 is 36.2 Å². The molecule has 3 heterocycles. The number of anilines is 1. The minimum atomic E-state index is -4.75. The second kappa shape index (κ2) is 11.9. The number of nitrogens with two attached hydrogens (primary N) is 2. The zero-order valence-corrected chi connectivity index (χ0v) is 21.8. The largest absolute Gasteiger partial charge is 0.467 e. The number of hydrogen-bond acceptors (Lipinski definition) is 10. The van der Waals surface area contributed by atoms with E-state index in [4.69, 9.17) is 21.1 Å². The smallest absolute Gasteiger partial charge is 0.451 e. The van der Waals surface area contributed by atoms with E-state index >= 15 is 0 Å². The van der Waals surface area contributed by atoms with Crippen LogP contribution in [0.1, 0.15) is 60.3 Å². The molecule has 1 amide bonds. The summed E-state index contributed by atoms with van der Waals surface area (Å²) in [4.78, 5) is 29.2. The fraction of sp³-hybridized carbons (Fsp3) is 0.360. The molecule has 1 fully saturated rings. The number of aromatic nitrogens is 4. The van der Waals surface area contributed by atoms with E-state index in [0.717, 1.165) is 24.4 Å². The maximum Gasteiger partial charge on any atom is 0.451 e. The molecule has 0 saturated carbocycles. The predicted octanol–water partition coefficient (Wildman–Crippen LogP) is 4.23. The van der Waals surface area contributed by atoms with Crippen LogP contribution in [-0.4, -0.2) is 49.9 Å². The molecule has 0 bridgehead atoms. The summed E-state index contributed by atoms with van der Waals surface area (Å²) in [6, 6.07) is 4.36. The Morgan fingerprint density at radius 2 is 1.78 bits per heavy atom. The number of nitrogens with zero attached hydrogens (tertiary/aromatic N) is 6. The van der Waals surface area contributed by atoms with Gasteiger partial charge in [0, 0.05) is 25.2 Å². The summed E-state index contributed by atoms with van der Waals surface area (Å²) in [6.45, 7) is 3.37. The van der Waals surface area contributed by atoms with E-state index in [9.17, 15) is 26.7 Å². The van der Waals surface area contributed by atoms with Crippen LogP contribution in [0.15, 0.2) is 35.6 Å². The molecule has 218 valence electrons. The highest BCUT2D eigenvalue weighted by atomic mass is 19.4. The average Bonchev–Trinajstić information content (AvgIpc) is 2.93. The zero-order chi connectivity index (χ0) is 29.9. The van der Waals surface area contributed by atoms with Gasteiger partial charge in [0.15, 0.2) is 11.6 Å². The number of ether oxygens (including phenoxy) is 2. The Morgan fingerprint density at radius 1 is 1.12 bits per heavy atom. The third-order valence-electron chi connectivity index (χ3n) is 6.35. The molecule has 1 aliphatic heterocycles. The fourth-order valence-corrected chi connectivity index (χ4v) is 4.36. The van der Waals surface area contributed by atoms with Crippen LogP contribution in [0, 0.1) is 18.6 Å². The number of hydrogen-bond donors (Lipinski definition) is 2. The standard InChI is InChI=1S/C25H25F5N8O3/c1-12-18(21(37-32)40-13(2)17-6-9-33-22(35-17)25(28,29)30)19(36-23(31)34-12)14-7-10-38(11-8-14)24(39)41-20-15(26)4-3-5-16(20)27/h3-6,9,13-14H,7-8,10-11,32H2,1-2H3,(H2,31,34,36)/b37-21-. The van der Waals surface area contributed by atoms with Crippen molar-refractivity contribution >= 4 is 17.9 Å². The Balaban J connectivity index is 1.52. The van der Waals surface area contributed by atoms with Crippen molar-refractivity contribution in [2.75, 3.05) is 18.8 Å². The van der Waals surface area contributed by atoms with Crippen LogP contribution in [-0.2, 0) is 10.9 Å². The number of rotatable bonds is 5. The van der Waals surface area contributed by atoms with Crippen molar-refractivity contribution in [1.82, 2.24) is 24.8 Å². The van der Waals surface area contributed by atoms with Crippen molar-refractivity contribution in [2.45, 2.75) is 44.9 Å². The first-order valence-corrected chi connectivity index (χ1v) is 12.3. The first kappa shape index (κ1) is 29.4. The number of hydrazone groups is 1. The van der Waals surface area contributed by atoms with Crippen LogP contribution in [0.2, 0.25) is 0 Å². The molecule has 4 N–H and O–H groups in total. The zero-order valence-electron chi connectivity index (χ0n) is 21.8. The summed E-state index contributed by atoms with van der Waals surface area (Å²) in [6.07, 6.45) is -5.05. The molecule has 1 aromatic carbocycles. The van der Waals surface area contributed by atoms with Crippen LogP contribution in [0.5, 0.6) is 5.75 Å². The van der Waals surface area contributed by atoms with Crippen LogP contribution in [0.3, 0.4) is 0 Å². The Morgan fingerprint density at radius 3 is 2.39 bits per heavy atom. The molecule has 1 unspecified atom stereocenters.